The van der Waals surface area contributed by atoms with Crippen molar-refractivity contribution in [2.45, 2.75) is 20.8 Å². The zero-order valence-corrected chi connectivity index (χ0v) is 15.4. The Bertz CT molecular complexity index is 1060. The van der Waals surface area contributed by atoms with Crippen LogP contribution in [0.2, 0.25) is 0 Å². The van der Waals surface area contributed by atoms with E-state index in [1.807, 2.05) is 11.3 Å². The minimum Gasteiger partial charge on any atom is -0.343 e. The molecule has 0 fully saturated rings. The van der Waals surface area contributed by atoms with Crippen molar-refractivity contribution in [3.63, 3.8) is 0 Å². The Morgan fingerprint density at radius 1 is 0.708 bits per heavy atom. The molecule has 0 radical (unpaired) electrons. The average molecular weight is 331 g/mol. The molecule has 3 aromatic carbocycles. The Morgan fingerprint density at radius 2 is 1.42 bits per heavy atom. The van der Waals surface area contributed by atoms with Gasteiger partial charge in [-0.1, -0.05) is 48.0 Å². The quantitative estimate of drug-likeness (QED) is 0.393. The van der Waals surface area contributed by atoms with Crippen LogP contribution in [0.4, 0.5) is 11.4 Å². The van der Waals surface area contributed by atoms with Gasteiger partial charge in [-0.25, -0.2) is 0 Å². The number of rotatable bonds is 2. The first-order chi connectivity index (χ1) is 11.6. The molecule has 24 heavy (non-hydrogen) atoms. The SMILES string of the molecule is Cc1ccc(N(C)c2cccc3c2sc2c(C)cccc23)c(C)c1. The van der Waals surface area contributed by atoms with Crippen LogP contribution in [-0.2, 0) is 0 Å². The van der Waals surface area contributed by atoms with Crippen molar-refractivity contribution in [1.29, 1.82) is 0 Å². The molecule has 0 amide bonds. The maximum Gasteiger partial charge on any atom is 0.0592 e. The molecule has 0 saturated carbocycles. The van der Waals surface area contributed by atoms with Gasteiger partial charge < -0.3 is 4.90 Å². The normalized spacial score (nSPS) is 11.3. The molecule has 120 valence electrons. The molecule has 0 spiro atoms. The Labute approximate surface area is 147 Å². The number of thiophene rings is 1. The summed E-state index contributed by atoms with van der Waals surface area (Å²) in [6.45, 7) is 6.53. The van der Waals surface area contributed by atoms with Crippen molar-refractivity contribution < 1.29 is 0 Å². The van der Waals surface area contributed by atoms with E-state index < -0.39 is 0 Å². The molecule has 1 aromatic heterocycles. The first-order valence-corrected chi connectivity index (χ1v) is 9.10. The fourth-order valence-corrected chi connectivity index (χ4v) is 4.84. The number of nitrogens with zero attached hydrogens (tertiary/aromatic N) is 1. The largest absolute Gasteiger partial charge is 0.343 e. The van der Waals surface area contributed by atoms with E-state index in [-0.39, 0.29) is 0 Å². The summed E-state index contributed by atoms with van der Waals surface area (Å²) in [5.74, 6) is 0. The van der Waals surface area contributed by atoms with Crippen LogP contribution in [0.1, 0.15) is 16.7 Å². The van der Waals surface area contributed by atoms with Gasteiger partial charge in [-0.15, -0.1) is 11.3 Å². The highest BCUT2D eigenvalue weighted by Gasteiger charge is 2.14. The average Bonchev–Trinajstić information content (AvgIpc) is 2.94. The number of anilines is 2. The molecule has 0 aliphatic heterocycles. The van der Waals surface area contributed by atoms with E-state index in [0.29, 0.717) is 0 Å². The molecule has 1 nitrogen and oxygen atoms in total. The number of aryl methyl sites for hydroxylation is 3. The van der Waals surface area contributed by atoms with Crippen molar-refractivity contribution in [3.8, 4) is 0 Å². The zero-order valence-electron chi connectivity index (χ0n) is 14.6. The second-order valence-electron chi connectivity index (χ2n) is 6.56. The van der Waals surface area contributed by atoms with Gasteiger partial charge in [0.15, 0.2) is 0 Å². The van der Waals surface area contributed by atoms with Crippen LogP contribution in [0, 0.1) is 20.8 Å². The lowest BCUT2D eigenvalue weighted by Crippen LogP contribution is -2.10. The Balaban J connectivity index is 1.96. The highest BCUT2D eigenvalue weighted by Crippen LogP contribution is 2.42. The first-order valence-electron chi connectivity index (χ1n) is 8.28. The van der Waals surface area contributed by atoms with Crippen molar-refractivity contribution in [3.05, 3.63) is 71.3 Å². The molecular weight excluding hydrogens is 310 g/mol. The highest BCUT2D eigenvalue weighted by molar-refractivity contribution is 7.26. The summed E-state index contributed by atoms with van der Waals surface area (Å²) in [6, 6.07) is 19.9. The summed E-state index contributed by atoms with van der Waals surface area (Å²) in [6.07, 6.45) is 0. The van der Waals surface area contributed by atoms with Crippen LogP contribution >= 0.6 is 11.3 Å². The molecule has 0 N–H and O–H groups in total. The van der Waals surface area contributed by atoms with E-state index in [0.717, 1.165) is 0 Å². The Morgan fingerprint density at radius 3 is 2.17 bits per heavy atom. The van der Waals surface area contributed by atoms with Crippen molar-refractivity contribution in [1.82, 2.24) is 0 Å². The number of hydrogen-bond acceptors (Lipinski definition) is 2. The summed E-state index contributed by atoms with van der Waals surface area (Å²) in [4.78, 5) is 2.32. The molecule has 4 rings (SSSR count). The van der Waals surface area contributed by atoms with Crippen LogP contribution in [0.25, 0.3) is 20.2 Å². The zero-order chi connectivity index (χ0) is 16.8. The molecule has 1 heterocycles. The predicted molar refractivity (Wildman–Crippen MR) is 108 cm³/mol. The molecule has 0 atom stereocenters. The molecule has 0 aliphatic rings. The molecule has 0 unspecified atom stereocenters. The minimum absolute atomic E-state index is 1.27. The van der Waals surface area contributed by atoms with E-state index >= 15 is 0 Å². The Hall–Kier alpha value is -2.32. The minimum atomic E-state index is 1.27. The summed E-state index contributed by atoms with van der Waals surface area (Å²) in [5, 5.41) is 2.72. The van der Waals surface area contributed by atoms with Gasteiger partial charge in [-0.3, -0.25) is 0 Å². The molecule has 2 heteroatoms. The monoisotopic (exact) mass is 331 g/mol. The van der Waals surface area contributed by atoms with Gasteiger partial charge in [-0.05, 0) is 44.0 Å². The topological polar surface area (TPSA) is 3.24 Å². The lowest BCUT2D eigenvalue weighted by molar-refractivity contribution is 1.19. The van der Waals surface area contributed by atoms with Crippen LogP contribution in [0.15, 0.2) is 54.6 Å². The van der Waals surface area contributed by atoms with Gasteiger partial charge in [0.2, 0.25) is 0 Å². The standard InChI is InChI=1S/C22H21NS/c1-14-11-12-19(16(3)13-14)23(4)20-10-6-9-18-17-8-5-7-15(2)21(17)24-22(18)20/h5-13H,1-4H3. The van der Waals surface area contributed by atoms with E-state index in [9.17, 15) is 0 Å². The smallest absolute Gasteiger partial charge is 0.0592 e. The molecule has 0 saturated heterocycles. The van der Waals surface area contributed by atoms with E-state index in [4.69, 9.17) is 0 Å². The third kappa shape index (κ3) is 2.30. The number of hydrogen-bond donors (Lipinski definition) is 0. The number of benzene rings is 3. The van der Waals surface area contributed by atoms with Crippen molar-refractivity contribution >= 4 is 42.9 Å². The summed E-state index contributed by atoms with van der Waals surface area (Å²) < 4.78 is 2.76. The first kappa shape index (κ1) is 15.2. The fraction of sp³-hybridized carbons (Fsp3) is 0.182. The Kier molecular flexibility index (Phi) is 3.58. The highest BCUT2D eigenvalue weighted by atomic mass is 32.1. The van der Waals surface area contributed by atoms with Gasteiger partial charge in [0.25, 0.3) is 0 Å². The van der Waals surface area contributed by atoms with Crippen LogP contribution in [-0.4, -0.2) is 7.05 Å². The van der Waals surface area contributed by atoms with Gasteiger partial charge >= 0.3 is 0 Å². The predicted octanol–water partition coefficient (Wildman–Crippen LogP) is 6.75. The summed E-state index contributed by atoms with van der Waals surface area (Å²) >= 11 is 1.91. The lowest BCUT2D eigenvalue weighted by atomic mass is 10.1. The van der Waals surface area contributed by atoms with Gasteiger partial charge in [0.05, 0.1) is 10.4 Å². The molecule has 0 bridgehead atoms. The summed E-state index contributed by atoms with van der Waals surface area (Å²) in [7, 11) is 2.17. The molecule has 0 aliphatic carbocycles. The fourth-order valence-electron chi connectivity index (χ4n) is 3.52. The lowest BCUT2D eigenvalue weighted by Gasteiger charge is -2.22. The third-order valence-corrected chi connectivity index (χ3v) is 6.15. The molecule has 4 aromatic rings. The number of fused-ring (bicyclic) bond motifs is 3. The maximum atomic E-state index is 2.32. The van der Waals surface area contributed by atoms with E-state index in [2.05, 4.69) is 87.3 Å². The van der Waals surface area contributed by atoms with E-state index in [1.54, 1.807) is 0 Å². The maximum absolute atomic E-state index is 2.32. The van der Waals surface area contributed by atoms with Gasteiger partial charge in [0, 0.05) is 28.2 Å². The van der Waals surface area contributed by atoms with Crippen LogP contribution < -0.4 is 4.90 Å². The van der Waals surface area contributed by atoms with Crippen molar-refractivity contribution in [2.75, 3.05) is 11.9 Å². The van der Waals surface area contributed by atoms with Gasteiger partial charge in [-0.2, -0.15) is 0 Å². The third-order valence-electron chi connectivity index (χ3n) is 4.78. The second kappa shape index (κ2) is 5.64. The van der Waals surface area contributed by atoms with Crippen LogP contribution in [0.5, 0.6) is 0 Å². The van der Waals surface area contributed by atoms with Crippen LogP contribution in [0.3, 0.4) is 0 Å². The second-order valence-corrected chi connectivity index (χ2v) is 7.58. The molecular formula is C22H21NS. The van der Waals surface area contributed by atoms with E-state index in [1.165, 1.54) is 48.2 Å². The van der Waals surface area contributed by atoms with Crippen molar-refractivity contribution in [2.24, 2.45) is 0 Å². The summed E-state index contributed by atoms with van der Waals surface area (Å²) in [5.41, 5.74) is 6.52. The van der Waals surface area contributed by atoms with Gasteiger partial charge in [0.1, 0.15) is 0 Å².